The van der Waals surface area contributed by atoms with Gasteiger partial charge in [-0.25, -0.2) is 4.68 Å². The van der Waals surface area contributed by atoms with Gasteiger partial charge in [0.15, 0.2) is 5.17 Å². The van der Waals surface area contributed by atoms with Crippen LogP contribution in [0.3, 0.4) is 0 Å². The zero-order valence-corrected chi connectivity index (χ0v) is 17.0. The van der Waals surface area contributed by atoms with Crippen LogP contribution < -0.4 is 0 Å². The molecule has 1 saturated heterocycles. The number of pyridine rings is 1. The standard InChI is InChI=1S/C20H23N7S/c1-4-15-10-28-20-24-18(17-7-5-6-8-21-17)19(26(15)20)16-9-13(2)27(14(16)3)25-11-22-23-12-25/h5-9,11-12,15,18-19H,4,10H2,1-3H3. The monoisotopic (exact) mass is 393 g/mol. The van der Waals surface area contributed by atoms with Crippen LogP contribution in [0.1, 0.15) is 48.1 Å². The average molecular weight is 394 g/mol. The van der Waals surface area contributed by atoms with Crippen LogP contribution in [0.4, 0.5) is 0 Å². The van der Waals surface area contributed by atoms with Gasteiger partial charge in [-0.15, -0.1) is 10.2 Å². The maximum absolute atomic E-state index is 5.12. The van der Waals surface area contributed by atoms with Gasteiger partial charge in [0.1, 0.15) is 18.7 Å². The van der Waals surface area contributed by atoms with Crippen LogP contribution in [-0.2, 0) is 0 Å². The zero-order chi connectivity index (χ0) is 19.3. The van der Waals surface area contributed by atoms with Crippen molar-refractivity contribution in [2.45, 2.75) is 45.3 Å². The van der Waals surface area contributed by atoms with E-state index in [0.717, 1.165) is 28.7 Å². The zero-order valence-electron chi connectivity index (χ0n) is 16.2. The molecule has 0 amide bonds. The van der Waals surface area contributed by atoms with E-state index >= 15 is 0 Å². The lowest BCUT2D eigenvalue weighted by Crippen LogP contribution is -2.35. The number of amidine groups is 1. The maximum atomic E-state index is 5.12. The van der Waals surface area contributed by atoms with Gasteiger partial charge < -0.3 is 4.90 Å². The van der Waals surface area contributed by atoms with Gasteiger partial charge in [0.2, 0.25) is 0 Å². The summed E-state index contributed by atoms with van der Waals surface area (Å²) in [6, 6.07) is 9.05. The van der Waals surface area contributed by atoms with Crippen molar-refractivity contribution < 1.29 is 0 Å². The topological polar surface area (TPSA) is 64.1 Å². The molecule has 7 nitrogen and oxygen atoms in total. The Bertz CT molecular complexity index is 1010. The summed E-state index contributed by atoms with van der Waals surface area (Å²) in [5.74, 6) is 1.10. The third-order valence-corrected chi connectivity index (χ3v) is 6.85. The summed E-state index contributed by atoms with van der Waals surface area (Å²) >= 11 is 1.87. The SMILES string of the molecule is CCC1CSC2=NC(c3ccccn3)C(c3cc(C)n(-n4cnnc4)c3C)N21. The molecule has 1 fully saturated rings. The quantitative estimate of drug-likeness (QED) is 0.680. The number of aliphatic imine (C=N–C) groups is 1. The lowest BCUT2D eigenvalue weighted by Gasteiger charge is -2.31. The van der Waals surface area contributed by atoms with Gasteiger partial charge in [0.05, 0.1) is 11.7 Å². The molecule has 2 aliphatic rings. The van der Waals surface area contributed by atoms with Crippen molar-refractivity contribution in [2.24, 2.45) is 4.99 Å². The molecule has 3 aromatic heterocycles. The number of thioether (sulfide) groups is 1. The molecule has 0 aromatic carbocycles. The highest BCUT2D eigenvalue weighted by atomic mass is 32.2. The summed E-state index contributed by atoms with van der Waals surface area (Å²) in [4.78, 5) is 12.3. The Morgan fingerprint density at radius 3 is 2.71 bits per heavy atom. The van der Waals surface area contributed by atoms with Crippen LogP contribution in [0, 0.1) is 13.8 Å². The van der Waals surface area contributed by atoms with Crippen molar-refractivity contribution in [1.29, 1.82) is 0 Å². The molecule has 5 rings (SSSR count). The molecule has 0 bridgehead atoms. The Balaban J connectivity index is 1.65. The van der Waals surface area contributed by atoms with Crippen molar-refractivity contribution in [1.82, 2.24) is 29.4 Å². The highest BCUT2D eigenvalue weighted by molar-refractivity contribution is 8.14. The van der Waals surface area contributed by atoms with E-state index in [1.165, 1.54) is 11.3 Å². The Kier molecular flexibility index (Phi) is 4.23. The number of hydrogen-bond donors (Lipinski definition) is 0. The predicted octanol–water partition coefficient (Wildman–Crippen LogP) is 3.38. The molecular formula is C20H23N7S. The third-order valence-electron chi connectivity index (χ3n) is 5.72. The van der Waals surface area contributed by atoms with Crippen molar-refractivity contribution in [3.05, 3.63) is 65.8 Å². The second-order valence-corrected chi connectivity index (χ2v) is 8.30. The number of rotatable bonds is 4. The lowest BCUT2D eigenvalue weighted by atomic mass is 9.95. The first-order valence-corrected chi connectivity index (χ1v) is 10.6. The Hall–Kier alpha value is -2.61. The summed E-state index contributed by atoms with van der Waals surface area (Å²) in [7, 11) is 0. The normalized spacial score (nSPS) is 23.9. The van der Waals surface area contributed by atoms with Crippen LogP contribution in [-0.4, -0.2) is 46.4 Å². The molecule has 0 aliphatic carbocycles. The minimum absolute atomic E-state index is 0.00733. The van der Waals surface area contributed by atoms with Crippen molar-refractivity contribution >= 4 is 16.9 Å². The van der Waals surface area contributed by atoms with Gasteiger partial charge in [-0.1, -0.05) is 24.8 Å². The molecule has 0 spiro atoms. The highest BCUT2D eigenvalue weighted by Gasteiger charge is 2.46. The Morgan fingerprint density at radius 2 is 2.00 bits per heavy atom. The molecule has 5 heterocycles. The van der Waals surface area contributed by atoms with Crippen LogP contribution in [0.15, 0.2) is 48.1 Å². The molecule has 28 heavy (non-hydrogen) atoms. The van der Waals surface area contributed by atoms with Crippen LogP contribution >= 0.6 is 11.8 Å². The molecule has 0 saturated carbocycles. The van der Waals surface area contributed by atoms with E-state index in [0.29, 0.717) is 6.04 Å². The molecular weight excluding hydrogens is 370 g/mol. The maximum Gasteiger partial charge on any atom is 0.160 e. The van der Waals surface area contributed by atoms with Crippen molar-refractivity contribution in [3.63, 3.8) is 0 Å². The van der Waals surface area contributed by atoms with Gasteiger partial charge in [-0.3, -0.25) is 14.7 Å². The number of aryl methyl sites for hydroxylation is 1. The van der Waals surface area contributed by atoms with Crippen molar-refractivity contribution in [3.8, 4) is 0 Å². The van der Waals surface area contributed by atoms with Crippen LogP contribution in [0.2, 0.25) is 0 Å². The molecule has 144 valence electrons. The predicted molar refractivity (Wildman–Crippen MR) is 110 cm³/mol. The second-order valence-electron chi connectivity index (χ2n) is 7.32. The molecule has 0 N–H and O–H groups in total. The summed E-state index contributed by atoms with van der Waals surface area (Å²) in [5.41, 5.74) is 4.66. The van der Waals surface area contributed by atoms with Gasteiger partial charge in [-0.2, -0.15) is 0 Å². The van der Waals surface area contributed by atoms with E-state index in [2.05, 4.69) is 57.7 Å². The largest absolute Gasteiger partial charge is 0.338 e. The fraction of sp³-hybridized carbons (Fsp3) is 0.400. The second kappa shape index (κ2) is 6.77. The number of fused-ring (bicyclic) bond motifs is 1. The summed E-state index contributed by atoms with van der Waals surface area (Å²) in [6.45, 7) is 6.55. The van der Waals surface area contributed by atoms with E-state index in [1.54, 1.807) is 12.7 Å². The van der Waals surface area contributed by atoms with E-state index < -0.39 is 0 Å². The first-order chi connectivity index (χ1) is 13.7. The summed E-state index contributed by atoms with van der Waals surface area (Å²) in [5, 5.41) is 9.10. The Labute approximate surface area is 168 Å². The Morgan fingerprint density at radius 1 is 1.18 bits per heavy atom. The smallest absolute Gasteiger partial charge is 0.160 e. The first-order valence-electron chi connectivity index (χ1n) is 9.63. The van der Waals surface area contributed by atoms with Crippen molar-refractivity contribution in [2.75, 3.05) is 5.75 Å². The van der Waals surface area contributed by atoms with E-state index in [4.69, 9.17) is 4.99 Å². The minimum Gasteiger partial charge on any atom is -0.338 e. The summed E-state index contributed by atoms with van der Waals surface area (Å²) < 4.78 is 4.09. The van der Waals surface area contributed by atoms with Crippen LogP contribution in [0.25, 0.3) is 0 Å². The van der Waals surface area contributed by atoms with E-state index in [-0.39, 0.29) is 12.1 Å². The molecule has 3 atom stereocenters. The molecule has 3 unspecified atom stereocenters. The number of nitrogens with zero attached hydrogens (tertiary/aromatic N) is 7. The van der Waals surface area contributed by atoms with Gasteiger partial charge >= 0.3 is 0 Å². The van der Waals surface area contributed by atoms with Crippen LogP contribution in [0.5, 0.6) is 0 Å². The summed E-state index contributed by atoms with van der Waals surface area (Å²) in [6.07, 6.45) is 6.44. The highest BCUT2D eigenvalue weighted by Crippen LogP contribution is 2.49. The van der Waals surface area contributed by atoms with Gasteiger partial charge in [0, 0.05) is 34.9 Å². The first kappa shape index (κ1) is 17.5. The minimum atomic E-state index is 0.00733. The third kappa shape index (κ3) is 2.58. The number of aromatic nitrogens is 5. The fourth-order valence-electron chi connectivity index (χ4n) is 4.42. The van der Waals surface area contributed by atoms with Gasteiger partial charge in [0.25, 0.3) is 0 Å². The molecule has 3 aromatic rings. The van der Waals surface area contributed by atoms with E-state index in [9.17, 15) is 0 Å². The fourth-order valence-corrected chi connectivity index (χ4v) is 5.76. The molecule has 8 heteroatoms. The molecule has 0 radical (unpaired) electrons. The number of hydrogen-bond acceptors (Lipinski definition) is 6. The van der Waals surface area contributed by atoms with E-state index in [1.807, 2.05) is 34.8 Å². The average Bonchev–Trinajstić information content (AvgIpc) is 3.47. The van der Waals surface area contributed by atoms with Gasteiger partial charge in [-0.05, 0) is 38.5 Å². The lowest BCUT2D eigenvalue weighted by molar-refractivity contribution is 0.254. The molecule has 2 aliphatic heterocycles.